The fraction of sp³-hybridized carbons (Fsp3) is 0.526. The molecule has 0 saturated heterocycles. The van der Waals surface area contributed by atoms with Crippen LogP contribution in [-0.4, -0.2) is 39.5 Å². The van der Waals surface area contributed by atoms with Crippen LogP contribution in [0.4, 0.5) is 0 Å². The maximum atomic E-state index is 9.15. The molecule has 0 spiro atoms. The first-order valence-electron chi connectivity index (χ1n) is 8.51. The van der Waals surface area contributed by atoms with E-state index in [2.05, 4.69) is 55.2 Å². The van der Waals surface area contributed by atoms with Crippen molar-refractivity contribution in [2.75, 3.05) is 13.7 Å². The maximum absolute atomic E-state index is 9.15. The molecule has 1 aromatic carbocycles. The van der Waals surface area contributed by atoms with Gasteiger partial charge in [-0.05, 0) is 51.3 Å². The summed E-state index contributed by atoms with van der Waals surface area (Å²) in [6.07, 6.45) is 3.53. The second kappa shape index (κ2) is 6.85. The van der Waals surface area contributed by atoms with E-state index in [1.165, 1.54) is 35.2 Å². The van der Waals surface area contributed by atoms with Gasteiger partial charge in [-0.3, -0.25) is 9.58 Å². The molecule has 1 aromatic heterocycles. The minimum Gasteiger partial charge on any atom is -0.394 e. The van der Waals surface area contributed by atoms with Crippen LogP contribution in [0.15, 0.2) is 24.3 Å². The number of aromatic nitrogens is 2. The van der Waals surface area contributed by atoms with E-state index in [0.29, 0.717) is 12.6 Å². The van der Waals surface area contributed by atoms with E-state index in [0.717, 1.165) is 18.7 Å². The first-order chi connectivity index (χ1) is 11.1. The highest BCUT2D eigenvalue weighted by Gasteiger charge is 2.23. The third-order valence-electron chi connectivity index (χ3n) is 5.19. The Labute approximate surface area is 138 Å². The molecule has 23 heavy (non-hydrogen) atoms. The standard InChI is InChI=1S/C19H27N3O/c1-14-19(15(2)22(20-14)10-11-23)13-21(3)18-9-8-16-6-4-5-7-17(16)12-18/h4-7,18,23H,8-13H2,1-3H3. The summed E-state index contributed by atoms with van der Waals surface area (Å²) in [5, 5.41) is 13.7. The molecule has 0 amide bonds. The minimum absolute atomic E-state index is 0.136. The van der Waals surface area contributed by atoms with Crippen molar-refractivity contribution in [2.45, 2.75) is 52.2 Å². The summed E-state index contributed by atoms with van der Waals surface area (Å²) >= 11 is 0. The summed E-state index contributed by atoms with van der Waals surface area (Å²) in [6.45, 7) is 5.81. The van der Waals surface area contributed by atoms with Crippen LogP contribution in [0.5, 0.6) is 0 Å². The maximum Gasteiger partial charge on any atom is 0.0644 e. The van der Waals surface area contributed by atoms with Crippen molar-refractivity contribution in [3.63, 3.8) is 0 Å². The molecule has 1 heterocycles. The van der Waals surface area contributed by atoms with E-state index in [1.807, 2.05) is 4.68 Å². The number of aryl methyl sites for hydroxylation is 2. The number of rotatable bonds is 5. The summed E-state index contributed by atoms with van der Waals surface area (Å²) in [6, 6.07) is 9.41. The quantitative estimate of drug-likeness (QED) is 0.922. The fourth-order valence-electron chi connectivity index (χ4n) is 3.71. The Morgan fingerprint density at radius 2 is 2.00 bits per heavy atom. The highest BCUT2D eigenvalue weighted by Crippen LogP contribution is 2.25. The zero-order valence-corrected chi connectivity index (χ0v) is 14.4. The Balaban J connectivity index is 1.72. The van der Waals surface area contributed by atoms with Crippen LogP contribution < -0.4 is 0 Å². The van der Waals surface area contributed by atoms with Gasteiger partial charge in [-0.25, -0.2) is 0 Å². The lowest BCUT2D eigenvalue weighted by atomic mass is 9.87. The van der Waals surface area contributed by atoms with E-state index in [4.69, 9.17) is 5.11 Å². The molecule has 4 heteroatoms. The first kappa shape index (κ1) is 16.2. The van der Waals surface area contributed by atoms with Gasteiger partial charge in [0, 0.05) is 23.8 Å². The highest BCUT2D eigenvalue weighted by molar-refractivity contribution is 5.31. The molecule has 1 aliphatic rings. The molecule has 0 radical (unpaired) electrons. The second-order valence-corrected chi connectivity index (χ2v) is 6.68. The number of hydrogen-bond donors (Lipinski definition) is 1. The van der Waals surface area contributed by atoms with Crippen molar-refractivity contribution in [1.29, 1.82) is 0 Å². The van der Waals surface area contributed by atoms with Crippen LogP contribution in [0.1, 0.15) is 34.5 Å². The molecular weight excluding hydrogens is 286 g/mol. The third-order valence-corrected chi connectivity index (χ3v) is 5.19. The van der Waals surface area contributed by atoms with Crippen LogP contribution >= 0.6 is 0 Å². The predicted octanol–water partition coefficient (Wildman–Crippen LogP) is 2.48. The van der Waals surface area contributed by atoms with Gasteiger partial charge in [0.25, 0.3) is 0 Å². The van der Waals surface area contributed by atoms with Crippen molar-refractivity contribution in [3.8, 4) is 0 Å². The predicted molar refractivity (Wildman–Crippen MR) is 92.5 cm³/mol. The number of aliphatic hydroxyl groups excluding tert-OH is 1. The van der Waals surface area contributed by atoms with Crippen molar-refractivity contribution >= 4 is 0 Å². The van der Waals surface area contributed by atoms with Gasteiger partial charge in [0.05, 0.1) is 18.8 Å². The van der Waals surface area contributed by atoms with Gasteiger partial charge >= 0.3 is 0 Å². The summed E-state index contributed by atoms with van der Waals surface area (Å²) in [5.41, 5.74) is 6.58. The number of nitrogens with zero attached hydrogens (tertiary/aromatic N) is 3. The Hall–Kier alpha value is -1.65. The topological polar surface area (TPSA) is 41.3 Å². The molecule has 2 aromatic rings. The Kier molecular flexibility index (Phi) is 4.83. The minimum atomic E-state index is 0.136. The number of aliphatic hydroxyl groups is 1. The normalized spacial score (nSPS) is 17.5. The van der Waals surface area contributed by atoms with Gasteiger partial charge in [0.2, 0.25) is 0 Å². The lowest BCUT2D eigenvalue weighted by molar-refractivity contribution is 0.213. The molecule has 0 aliphatic heterocycles. The lowest BCUT2D eigenvalue weighted by Crippen LogP contribution is -2.36. The Bertz CT molecular complexity index is 677. The van der Waals surface area contributed by atoms with Gasteiger partial charge in [-0.2, -0.15) is 5.10 Å². The third kappa shape index (κ3) is 3.33. The van der Waals surface area contributed by atoms with Crippen LogP contribution in [-0.2, 0) is 25.9 Å². The average Bonchev–Trinajstić information content (AvgIpc) is 2.82. The second-order valence-electron chi connectivity index (χ2n) is 6.68. The van der Waals surface area contributed by atoms with Crippen LogP contribution in [0.2, 0.25) is 0 Å². The Morgan fingerprint density at radius 3 is 2.74 bits per heavy atom. The zero-order valence-electron chi connectivity index (χ0n) is 14.4. The average molecular weight is 313 g/mol. The zero-order chi connectivity index (χ0) is 16.4. The van der Waals surface area contributed by atoms with E-state index in [-0.39, 0.29) is 6.61 Å². The van der Waals surface area contributed by atoms with E-state index >= 15 is 0 Å². The molecular formula is C19H27N3O. The van der Waals surface area contributed by atoms with Crippen molar-refractivity contribution in [3.05, 3.63) is 52.3 Å². The molecule has 4 nitrogen and oxygen atoms in total. The highest BCUT2D eigenvalue weighted by atomic mass is 16.3. The Morgan fingerprint density at radius 1 is 1.26 bits per heavy atom. The van der Waals surface area contributed by atoms with Gasteiger partial charge in [0.1, 0.15) is 0 Å². The smallest absolute Gasteiger partial charge is 0.0644 e. The molecule has 124 valence electrons. The number of benzene rings is 1. The van der Waals surface area contributed by atoms with Gasteiger partial charge < -0.3 is 5.11 Å². The lowest BCUT2D eigenvalue weighted by Gasteiger charge is -2.32. The van der Waals surface area contributed by atoms with Gasteiger partial charge in [-0.15, -0.1) is 0 Å². The molecule has 0 bridgehead atoms. The monoisotopic (exact) mass is 313 g/mol. The van der Waals surface area contributed by atoms with E-state index in [1.54, 1.807) is 0 Å². The molecule has 3 rings (SSSR count). The number of hydrogen-bond acceptors (Lipinski definition) is 3. The van der Waals surface area contributed by atoms with Gasteiger partial charge in [0.15, 0.2) is 0 Å². The van der Waals surface area contributed by atoms with Crippen molar-refractivity contribution < 1.29 is 5.11 Å². The summed E-state index contributed by atoms with van der Waals surface area (Å²) in [4.78, 5) is 2.47. The summed E-state index contributed by atoms with van der Waals surface area (Å²) in [5.74, 6) is 0. The molecule has 1 atom stereocenters. The molecule has 0 fully saturated rings. The van der Waals surface area contributed by atoms with Crippen molar-refractivity contribution in [2.24, 2.45) is 0 Å². The number of likely N-dealkylation sites (N-methyl/N-ethyl adjacent to an activating group) is 1. The van der Waals surface area contributed by atoms with E-state index < -0.39 is 0 Å². The molecule has 0 saturated carbocycles. The molecule has 1 N–H and O–H groups in total. The fourth-order valence-corrected chi connectivity index (χ4v) is 3.71. The largest absolute Gasteiger partial charge is 0.394 e. The summed E-state index contributed by atoms with van der Waals surface area (Å²) < 4.78 is 1.93. The first-order valence-corrected chi connectivity index (χ1v) is 8.51. The molecule has 1 aliphatic carbocycles. The van der Waals surface area contributed by atoms with Gasteiger partial charge in [-0.1, -0.05) is 24.3 Å². The van der Waals surface area contributed by atoms with Crippen LogP contribution in [0.25, 0.3) is 0 Å². The van der Waals surface area contributed by atoms with Crippen molar-refractivity contribution in [1.82, 2.24) is 14.7 Å². The van der Waals surface area contributed by atoms with Crippen LogP contribution in [0.3, 0.4) is 0 Å². The number of fused-ring (bicyclic) bond motifs is 1. The SMILES string of the molecule is Cc1nn(CCO)c(C)c1CN(C)C1CCc2ccccc2C1. The van der Waals surface area contributed by atoms with Crippen LogP contribution in [0, 0.1) is 13.8 Å². The summed E-state index contributed by atoms with van der Waals surface area (Å²) in [7, 11) is 2.22. The van der Waals surface area contributed by atoms with E-state index in [9.17, 15) is 0 Å². The molecule has 1 unspecified atom stereocenters.